The van der Waals surface area contributed by atoms with Crippen LogP contribution in [0.5, 0.6) is 0 Å². The topological polar surface area (TPSA) is 47.9 Å². The highest BCUT2D eigenvalue weighted by Crippen LogP contribution is 2.56. The van der Waals surface area contributed by atoms with Gasteiger partial charge in [0.05, 0.1) is 0 Å². The molecule has 0 amide bonds. The SMILES string of the molecule is CC[C@@H]1CC[C@@H](C)[C@@H]2CCC3(C)OO[C@@]12[C@H](O)O3. The fourth-order valence-corrected chi connectivity index (χ4v) is 4.25. The van der Waals surface area contributed by atoms with E-state index in [4.69, 9.17) is 14.5 Å². The van der Waals surface area contributed by atoms with Crippen LogP contribution in [0.15, 0.2) is 0 Å². The summed E-state index contributed by atoms with van der Waals surface area (Å²) in [4.78, 5) is 11.3. The Bertz CT molecular complexity index is 334. The first kappa shape index (κ1) is 12.9. The third-order valence-electron chi connectivity index (χ3n) is 5.39. The molecule has 104 valence electrons. The summed E-state index contributed by atoms with van der Waals surface area (Å²) in [7, 11) is 0. The van der Waals surface area contributed by atoms with Gasteiger partial charge in [0.25, 0.3) is 0 Å². The van der Waals surface area contributed by atoms with E-state index >= 15 is 0 Å². The highest BCUT2D eigenvalue weighted by molar-refractivity contribution is 5.04. The third kappa shape index (κ3) is 1.59. The summed E-state index contributed by atoms with van der Waals surface area (Å²) in [6.07, 6.45) is 4.20. The zero-order valence-electron chi connectivity index (χ0n) is 11.5. The average molecular weight is 256 g/mol. The molecule has 1 aliphatic carbocycles. The van der Waals surface area contributed by atoms with Crippen molar-refractivity contribution in [2.75, 3.05) is 0 Å². The molecule has 1 unspecified atom stereocenters. The van der Waals surface area contributed by atoms with Crippen LogP contribution in [0.4, 0.5) is 0 Å². The zero-order chi connectivity index (χ0) is 13.0. The molecule has 0 aromatic rings. The summed E-state index contributed by atoms with van der Waals surface area (Å²) < 4.78 is 5.75. The van der Waals surface area contributed by atoms with Crippen LogP contribution in [0.1, 0.15) is 52.9 Å². The first-order chi connectivity index (χ1) is 8.52. The lowest BCUT2D eigenvalue weighted by molar-refractivity contribution is -0.554. The molecule has 4 heteroatoms. The minimum Gasteiger partial charge on any atom is -0.365 e. The summed E-state index contributed by atoms with van der Waals surface area (Å²) >= 11 is 0. The van der Waals surface area contributed by atoms with Crippen LogP contribution in [0.3, 0.4) is 0 Å². The molecular formula is C14H24O4. The Kier molecular flexibility index (Phi) is 2.98. The molecule has 0 aromatic heterocycles. The Balaban J connectivity index is 2.02. The van der Waals surface area contributed by atoms with Crippen molar-refractivity contribution in [1.29, 1.82) is 0 Å². The number of ether oxygens (including phenoxy) is 1. The molecule has 18 heavy (non-hydrogen) atoms. The highest BCUT2D eigenvalue weighted by atomic mass is 17.3. The van der Waals surface area contributed by atoms with Crippen molar-refractivity contribution >= 4 is 0 Å². The van der Waals surface area contributed by atoms with Crippen molar-refractivity contribution in [3.05, 3.63) is 0 Å². The smallest absolute Gasteiger partial charge is 0.201 e. The number of fused-ring (bicyclic) bond motifs is 3. The van der Waals surface area contributed by atoms with Gasteiger partial charge in [-0.25, -0.2) is 9.78 Å². The second-order valence-electron chi connectivity index (χ2n) is 6.43. The maximum Gasteiger partial charge on any atom is 0.201 e. The minimum absolute atomic E-state index is 0.316. The van der Waals surface area contributed by atoms with Gasteiger partial charge in [0.2, 0.25) is 5.79 Å². The van der Waals surface area contributed by atoms with Crippen LogP contribution < -0.4 is 0 Å². The lowest BCUT2D eigenvalue weighted by Crippen LogP contribution is -2.64. The molecule has 6 atom stereocenters. The Morgan fingerprint density at radius 2 is 2.00 bits per heavy atom. The first-order valence-corrected chi connectivity index (χ1v) is 7.24. The molecule has 3 aliphatic heterocycles. The quantitative estimate of drug-likeness (QED) is 0.733. The van der Waals surface area contributed by atoms with Gasteiger partial charge < -0.3 is 9.84 Å². The van der Waals surface area contributed by atoms with E-state index in [9.17, 15) is 5.11 Å². The third-order valence-corrected chi connectivity index (χ3v) is 5.39. The number of hydrogen-bond acceptors (Lipinski definition) is 4. The summed E-state index contributed by atoms with van der Waals surface area (Å²) in [5.74, 6) is 0.419. The van der Waals surface area contributed by atoms with E-state index in [0.717, 1.165) is 25.7 Å². The van der Waals surface area contributed by atoms with Gasteiger partial charge in [-0.1, -0.05) is 20.3 Å². The van der Waals surface area contributed by atoms with Crippen molar-refractivity contribution in [2.24, 2.45) is 17.8 Å². The van der Waals surface area contributed by atoms with E-state index in [-0.39, 0.29) is 0 Å². The maximum absolute atomic E-state index is 10.5. The maximum atomic E-state index is 10.5. The van der Waals surface area contributed by atoms with Crippen molar-refractivity contribution < 1.29 is 19.6 Å². The van der Waals surface area contributed by atoms with Crippen LogP contribution in [-0.2, 0) is 14.5 Å². The Labute approximate surface area is 109 Å². The van der Waals surface area contributed by atoms with E-state index in [1.165, 1.54) is 6.42 Å². The Hall–Kier alpha value is -0.160. The predicted octanol–water partition coefficient (Wildman–Crippen LogP) is 2.60. The van der Waals surface area contributed by atoms with E-state index in [2.05, 4.69) is 13.8 Å². The van der Waals surface area contributed by atoms with Gasteiger partial charge in [0.15, 0.2) is 11.9 Å². The molecule has 1 saturated carbocycles. The normalized spacial score (nSPS) is 56.0. The summed E-state index contributed by atoms with van der Waals surface area (Å²) in [5.41, 5.74) is -0.650. The van der Waals surface area contributed by atoms with Gasteiger partial charge in [-0.15, -0.1) is 0 Å². The highest BCUT2D eigenvalue weighted by Gasteiger charge is 2.64. The van der Waals surface area contributed by atoms with Gasteiger partial charge in [0, 0.05) is 6.42 Å². The van der Waals surface area contributed by atoms with Crippen LogP contribution in [0, 0.1) is 17.8 Å². The standard InChI is InChI=1S/C14H24O4/c1-4-10-6-5-9(2)11-7-8-13(3)16-12(15)14(10,11)18-17-13/h9-12,15H,4-8H2,1-3H3/t9-,10-,11+,12-,13?,14+/m1/s1. The zero-order valence-corrected chi connectivity index (χ0v) is 11.5. The molecule has 4 rings (SSSR count). The van der Waals surface area contributed by atoms with E-state index in [1.807, 2.05) is 6.92 Å². The molecule has 4 nitrogen and oxygen atoms in total. The van der Waals surface area contributed by atoms with Crippen LogP contribution in [-0.4, -0.2) is 22.8 Å². The molecule has 3 saturated heterocycles. The molecule has 4 aliphatic rings. The van der Waals surface area contributed by atoms with Gasteiger partial charge in [-0.2, -0.15) is 0 Å². The molecule has 4 fully saturated rings. The molecule has 2 bridgehead atoms. The number of aliphatic hydroxyl groups is 1. The predicted molar refractivity (Wildman–Crippen MR) is 65.3 cm³/mol. The van der Waals surface area contributed by atoms with Crippen LogP contribution in [0.25, 0.3) is 0 Å². The second kappa shape index (κ2) is 4.17. The first-order valence-electron chi connectivity index (χ1n) is 7.24. The van der Waals surface area contributed by atoms with Crippen LogP contribution in [0.2, 0.25) is 0 Å². The Morgan fingerprint density at radius 1 is 1.22 bits per heavy atom. The Morgan fingerprint density at radius 3 is 2.67 bits per heavy atom. The van der Waals surface area contributed by atoms with E-state index in [1.54, 1.807) is 0 Å². The largest absolute Gasteiger partial charge is 0.365 e. The van der Waals surface area contributed by atoms with E-state index < -0.39 is 17.7 Å². The number of hydrogen-bond donors (Lipinski definition) is 1. The molecule has 0 aromatic carbocycles. The van der Waals surface area contributed by atoms with E-state index in [0.29, 0.717) is 17.8 Å². The molecule has 1 spiro atoms. The molecule has 0 radical (unpaired) electrons. The van der Waals surface area contributed by atoms with Crippen molar-refractivity contribution in [3.63, 3.8) is 0 Å². The van der Waals surface area contributed by atoms with Gasteiger partial charge in [-0.3, -0.25) is 0 Å². The van der Waals surface area contributed by atoms with Crippen LogP contribution >= 0.6 is 0 Å². The van der Waals surface area contributed by atoms with Crippen molar-refractivity contribution in [1.82, 2.24) is 0 Å². The molecule has 1 N–H and O–H groups in total. The monoisotopic (exact) mass is 256 g/mol. The lowest BCUT2D eigenvalue weighted by Gasteiger charge is -2.53. The number of rotatable bonds is 1. The molecule has 3 heterocycles. The van der Waals surface area contributed by atoms with Gasteiger partial charge >= 0.3 is 0 Å². The summed E-state index contributed by atoms with van der Waals surface area (Å²) in [5, 5.41) is 10.5. The number of aliphatic hydroxyl groups excluding tert-OH is 1. The fraction of sp³-hybridized carbons (Fsp3) is 1.00. The van der Waals surface area contributed by atoms with Crippen molar-refractivity contribution in [2.45, 2.75) is 70.6 Å². The van der Waals surface area contributed by atoms with Gasteiger partial charge in [0.1, 0.15) is 0 Å². The summed E-state index contributed by atoms with van der Waals surface area (Å²) in [6.45, 7) is 6.27. The fourth-order valence-electron chi connectivity index (χ4n) is 4.25. The minimum atomic E-state index is -0.864. The summed E-state index contributed by atoms with van der Waals surface area (Å²) in [6, 6.07) is 0. The molecular weight excluding hydrogens is 232 g/mol. The second-order valence-corrected chi connectivity index (χ2v) is 6.43. The van der Waals surface area contributed by atoms with Gasteiger partial charge in [-0.05, 0) is 43.9 Å². The van der Waals surface area contributed by atoms with Crippen molar-refractivity contribution in [3.8, 4) is 0 Å². The lowest BCUT2D eigenvalue weighted by atomic mass is 9.61. The average Bonchev–Trinajstić information content (AvgIpc) is 2.55.